The van der Waals surface area contributed by atoms with Gasteiger partial charge in [0.25, 0.3) is 0 Å². The summed E-state index contributed by atoms with van der Waals surface area (Å²) in [5.74, 6) is 0.214. The van der Waals surface area contributed by atoms with E-state index in [-0.39, 0.29) is 5.75 Å². The fraction of sp³-hybridized carbons (Fsp3) is 0.214. The first-order valence-corrected chi connectivity index (χ1v) is 12.5. The van der Waals surface area contributed by atoms with Crippen LogP contribution >= 0.6 is 7.82 Å². The molecular formula is C28H29O4P. The van der Waals surface area contributed by atoms with Gasteiger partial charge in [0.2, 0.25) is 0 Å². The van der Waals surface area contributed by atoms with Crippen molar-refractivity contribution in [1.29, 1.82) is 0 Å². The molecule has 4 aromatic carbocycles. The van der Waals surface area contributed by atoms with Gasteiger partial charge in [-0.15, -0.1) is 0 Å². The summed E-state index contributed by atoms with van der Waals surface area (Å²) in [4.78, 5) is 19.8. The number of hydrogen-bond donors (Lipinski definition) is 2. The molecule has 0 radical (unpaired) electrons. The van der Waals surface area contributed by atoms with Crippen LogP contribution in [0.4, 0.5) is 0 Å². The number of fused-ring (bicyclic) bond motifs is 1. The van der Waals surface area contributed by atoms with Gasteiger partial charge < -0.3 is 4.52 Å². The highest BCUT2D eigenvalue weighted by Crippen LogP contribution is 2.52. The van der Waals surface area contributed by atoms with Crippen LogP contribution in [0.5, 0.6) is 5.75 Å². The van der Waals surface area contributed by atoms with Crippen LogP contribution in [-0.2, 0) is 4.57 Å². The molecule has 170 valence electrons. The van der Waals surface area contributed by atoms with Crippen molar-refractivity contribution in [2.24, 2.45) is 0 Å². The molecule has 33 heavy (non-hydrogen) atoms. The number of aryl methyl sites for hydroxylation is 6. The first-order chi connectivity index (χ1) is 15.5. The van der Waals surface area contributed by atoms with E-state index in [4.69, 9.17) is 4.52 Å². The second-order valence-electron chi connectivity index (χ2n) is 8.98. The highest BCUT2D eigenvalue weighted by atomic mass is 31.2. The summed E-state index contributed by atoms with van der Waals surface area (Å²) < 4.78 is 17.6. The van der Waals surface area contributed by atoms with E-state index in [1.807, 2.05) is 45.0 Å². The predicted octanol–water partition coefficient (Wildman–Crippen LogP) is 7.50. The quantitative estimate of drug-likeness (QED) is 0.310. The van der Waals surface area contributed by atoms with Gasteiger partial charge in [0.05, 0.1) is 0 Å². The summed E-state index contributed by atoms with van der Waals surface area (Å²) in [7, 11) is -4.82. The smallest absolute Gasteiger partial charge is 0.403 e. The van der Waals surface area contributed by atoms with Crippen molar-refractivity contribution in [3.05, 3.63) is 88.0 Å². The van der Waals surface area contributed by atoms with Gasteiger partial charge in [-0.3, -0.25) is 9.79 Å². The summed E-state index contributed by atoms with van der Waals surface area (Å²) in [6, 6.07) is 18.2. The lowest BCUT2D eigenvalue weighted by atomic mass is 9.83. The van der Waals surface area contributed by atoms with Crippen molar-refractivity contribution in [2.75, 3.05) is 0 Å². The summed E-state index contributed by atoms with van der Waals surface area (Å²) >= 11 is 0. The van der Waals surface area contributed by atoms with E-state index in [2.05, 4.69) is 51.1 Å². The normalized spacial score (nSPS) is 11.8. The molecule has 0 aliphatic heterocycles. The minimum absolute atomic E-state index is 0.214. The minimum atomic E-state index is -4.82. The second kappa shape index (κ2) is 8.46. The average molecular weight is 461 g/mol. The summed E-state index contributed by atoms with van der Waals surface area (Å²) in [6.07, 6.45) is 0. The topological polar surface area (TPSA) is 66.8 Å². The number of rotatable bonds is 4. The lowest BCUT2D eigenvalue weighted by Crippen LogP contribution is -2.01. The van der Waals surface area contributed by atoms with Crippen molar-refractivity contribution in [3.63, 3.8) is 0 Å². The number of phosphoric ester groups is 1. The number of hydrogen-bond acceptors (Lipinski definition) is 2. The van der Waals surface area contributed by atoms with E-state index in [9.17, 15) is 14.4 Å². The summed E-state index contributed by atoms with van der Waals surface area (Å²) in [5, 5.41) is 1.53. The maximum absolute atomic E-state index is 12.2. The first kappa shape index (κ1) is 23.3. The molecule has 0 fully saturated rings. The summed E-state index contributed by atoms with van der Waals surface area (Å²) in [5.41, 5.74) is 10.2. The first-order valence-electron chi connectivity index (χ1n) is 10.9. The Morgan fingerprint density at radius 1 is 0.667 bits per heavy atom. The molecule has 0 amide bonds. The van der Waals surface area contributed by atoms with Crippen LogP contribution in [0.15, 0.2) is 54.6 Å². The fourth-order valence-electron chi connectivity index (χ4n) is 5.15. The SMILES string of the molecule is Cc1cc(C)c(-c2cc3ccccc3c(OP(=O)(O)O)c2-c2c(C)cc(C)cc2C)c(C)c1. The fourth-order valence-corrected chi connectivity index (χ4v) is 5.58. The Hall–Kier alpha value is -2.91. The molecule has 0 aliphatic carbocycles. The van der Waals surface area contributed by atoms with E-state index >= 15 is 0 Å². The third-order valence-corrected chi connectivity index (χ3v) is 6.51. The van der Waals surface area contributed by atoms with Crippen molar-refractivity contribution in [1.82, 2.24) is 0 Å². The van der Waals surface area contributed by atoms with Gasteiger partial charge in [-0.05, 0) is 91.9 Å². The molecule has 0 aromatic heterocycles. The lowest BCUT2D eigenvalue weighted by Gasteiger charge is -2.24. The maximum atomic E-state index is 12.2. The predicted molar refractivity (Wildman–Crippen MR) is 136 cm³/mol. The molecule has 0 spiro atoms. The van der Waals surface area contributed by atoms with E-state index in [1.165, 1.54) is 5.56 Å². The Morgan fingerprint density at radius 2 is 1.15 bits per heavy atom. The molecular weight excluding hydrogens is 431 g/mol. The minimum Gasteiger partial charge on any atom is -0.403 e. The number of phosphoric acid groups is 1. The van der Waals surface area contributed by atoms with Crippen LogP contribution in [-0.4, -0.2) is 9.79 Å². The van der Waals surface area contributed by atoms with Crippen LogP contribution in [0.2, 0.25) is 0 Å². The van der Waals surface area contributed by atoms with Gasteiger partial charge in [0.15, 0.2) is 0 Å². The number of benzene rings is 4. The second-order valence-corrected chi connectivity index (χ2v) is 10.1. The third kappa shape index (κ3) is 4.47. The Kier molecular flexibility index (Phi) is 5.96. The zero-order valence-corrected chi connectivity index (χ0v) is 20.7. The maximum Gasteiger partial charge on any atom is 0.524 e. The van der Waals surface area contributed by atoms with Crippen molar-refractivity contribution >= 4 is 18.6 Å². The highest BCUT2D eigenvalue weighted by Gasteiger charge is 2.27. The molecule has 0 unspecified atom stereocenters. The largest absolute Gasteiger partial charge is 0.524 e. The van der Waals surface area contributed by atoms with Crippen LogP contribution < -0.4 is 4.52 Å². The van der Waals surface area contributed by atoms with E-state index < -0.39 is 7.82 Å². The van der Waals surface area contributed by atoms with Crippen molar-refractivity contribution in [2.45, 2.75) is 41.5 Å². The van der Waals surface area contributed by atoms with E-state index in [0.29, 0.717) is 10.9 Å². The molecule has 0 bridgehead atoms. The molecule has 2 N–H and O–H groups in total. The molecule has 4 nitrogen and oxygen atoms in total. The molecule has 4 aromatic rings. The Morgan fingerprint density at radius 3 is 1.67 bits per heavy atom. The van der Waals surface area contributed by atoms with E-state index in [0.717, 1.165) is 49.9 Å². The molecule has 0 atom stereocenters. The van der Waals surface area contributed by atoms with Crippen LogP contribution in [0.25, 0.3) is 33.0 Å². The average Bonchev–Trinajstić information content (AvgIpc) is 2.67. The monoisotopic (exact) mass is 460 g/mol. The van der Waals surface area contributed by atoms with Gasteiger partial charge in [-0.1, -0.05) is 59.7 Å². The Bertz CT molecular complexity index is 1400. The van der Waals surface area contributed by atoms with Crippen molar-refractivity contribution in [3.8, 4) is 28.0 Å². The highest BCUT2D eigenvalue weighted by molar-refractivity contribution is 7.46. The molecule has 0 saturated heterocycles. The Labute approximate surface area is 195 Å². The summed E-state index contributed by atoms with van der Waals surface area (Å²) in [6.45, 7) is 12.3. The standard InChI is InChI=1S/C28H29O4P/c1-16-11-18(3)25(19(4)12-16)24-15-22-9-7-8-10-23(22)28(32-33(29,30)31)27(24)26-20(5)13-17(2)14-21(26)6/h7-15H,1-6H3,(H2,29,30,31). The lowest BCUT2D eigenvalue weighted by molar-refractivity contribution is 0.284. The van der Waals surface area contributed by atoms with Crippen molar-refractivity contribution < 1.29 is 18.9 Å². The molecule has 0 saturated carbocycles. The zero-order chi connectivity index (χ0) is 24.1. The van der Waals surface area contributed by atoms with Gasteiger partial charge >= 0.3 is 7.82 Å². The van der Waals surface area contributed by atoms with Crippen LogP contribution in [0.1, 0.15) is 33.4 Å². The van der Waals surface area contributed by atoms with Gasteiger partial charge in [0, 0.05) is 10.9 Å². The van der Waals surface area contributed by atoms with Crippen LogP contribution in [0.3, 0.4) is 0 Å². The molecule has 4 rings (SSSR count). The van der Waals surface area contributed by atoms with Gasteiger partial charge in [-0.25, -0.2) is 4.57 Å². The molecule has 0 aliphatic rings. The zero-order valence-electron chi connectivity index (χ0n) is 19.9. The third-order valence-electron chi connectivity index (χ3n) is 6.09. The Balaban J connectivity index is 2.26. The van der Waals surface area contributed by atoms with Gasteiger partial charge in [0.1, 0.15) is 5.75 Å². The molecule has 0 heterocycles. The van der Waals surface area contributed by atoms with Crippen LogP contribution in [0, 0.1) is 41.5 Å². The molecule has 5 heteroatoms. The van der Waals surface area contributed by atoms with E-state index in [1.54, 1.807) is 0 Å². The van der Waals surface area contributed by atoms with Gasteiger partial charge in [-0.2, -0.15) is 0 Å².